The maximum Gasteiger partial charge on any atom is 0.0912 e. The monoisotopic (exact) mass is 258 g/mol. The first-order valence-corrected chi connectivity index (χ1v) is 8.17. The van der Waals surface area contributed by atoms with Gasteiger partial charge in [0.25, 0.3) is 0 Å². The predicted octanol–water partition coefficient (Wildman–Crippen LogP) is 4.20. The average Bonchev–Trinajstić information content (AvgIpc) is 2.21. The largest absolute Gasteiger partial charge is 0.385 e. The zero-order valence-corrected chi connectivity index (χ0v) is 12.1. The number of hydrogen-bond donors (Lipinski definition) is 1. The first-order valence-electron chi connectivity index (χ1n) is 5.72. The Bertz CT molecular complexity index is 290. The molecule has 1 unspecified atom stereocenters. The van der Waals surface area contributed by atoms with Gasteiger partial charge in [-0.15, -0.1) is 30.1 Å². The van der Waals surface area contributed by atoms with Crippen LogP contribution in [0.1, 0.15) is 39.0 Å². The zero-order chi connectivity index (χ0) is 12.2. The Kier molecular flexibility index (Phi) is 5.48. The summed E-state index contributed by atoms with van der Waals surface area (Å²) in [6, 6.07) is 0. The molecule has 0 saturated heterocycles. The van der Waals surface area contributed by atoms with E-state index in [0.717, 1.165) is 24.8 Å². The van der Waals surface area contributed by atoms with Gasteiger partial charge in [-0.05, 0) is 50.7 Å². The maximum absolute atomic E-state index is 10.8. The molecule has 0 aromatic heterocycles. The van der Waals surface area contributed by atoms with Gasteiger partial charge in [-0.1, -0.05) is 5.57 Å². The van der Waals surface area contributed by atoms with Crippen molar-refractivity contribution in [1.29, 1.82) is 0 Å². The first kappa shape index (κ1) is 14.2. The molecule has 0 heterocycles. The van der Waals surface area contributed by atoms with Crippen molar-refractivity contribution in [2.45, 2.75) is 44.6 Å². The fraction of sp³-hybridized carbons (Fsp3) is 0.692. The van der Waals surface area contributed by atoms with Gasteiger partial charge in [0.05, 0.1) is 5.60 Å². The van der Waals surface area contributed by atoms with Gasteiger partial charge in [-0.3, -0.25) is 0 Å². The molecule has 0 radical (unpaired) electrons. The summed E-state index contributed by atoms with van der Waals surface area (Å²) in [6.07, 6.45) is 9.17. The molecule has 16 heavy (non-hydrogen) atoms. The topological polar surface area (TPSA) is 20.2 Å². The summed E-state index contributed by atoms with van der Waals surface area (Å²) < 4.78 is 1.29. The van der Waals surface area contributed by atoms with Crippen LogP contribution in [0.3, 0.4) is 0 Å². The summed E-state index contributed by atoms with van der Waals surface area (Å²) in [4.78, 5) is 0. The Balaban J connectivity index is 3.02. The molecule has 0 aromatic rings. The molecule has 1 aliphatic carbocycles. The van der Waals surface area contributed by atoms with Gasteiger partial charge in [0.2, 0.25) is 0 Å². The molecule has 1 rings (SSSR count). The fourth-order valence-electron chi connectivity index (χ4n) is 2.42. The van der Waals surface area contributed by atoms with Crippen LogP contribution in [0.4, 0.5) is 0 Å². The molecule has 0 aliphatic heterocycles. The van der Waals surface area contributed by atoms with Gasteiger partial charge in [0.15, 0.2) is 0 Å². The van der Waals surface area contributed by atoms with Gasteiger partial charge in [0, 0.05) is 10.7 Å². The van der Waals surface area contributed by atoms with Crippen LogP contribution in [0.25, 0.3) is 0 Å². The molecule has 1 N–H and O–H groups in total. The van der Waals surface area contributed by atoms with E-state index < -0.39 is 5.60 Å². The summed E-state index contributed by atoms with van der Waals surface area (Å²) in [7, 11) is 0. The molecule has 1 atom stereocenters. The Hall–Kier alpha value is 0.140. The molecular formula is C13H22OS2. The molecule has 1 fully saturated rings. The lowest BCUT2D eigenvalue weighted by molar-refractivity contribution is 0.0522. The highest BCUT2D eigenvalue weighted by Gasteiger charge is 2.35. The highest BCUT2D eigenvalue weighted by molar-refractivity contribution is 8.21. The van der Waals surface area contributed by atoms with Gasteiger partial charge in [0.1, 0.15) is 0 Å². The average molecular weight is 258 g/mol. The SMILES string of the molecule is C=C(C)CC1(O)CCCCC1=C(SC)SC. The number of rotatable bonds is 4. The molecule has 0 spiro atoms. The molecule has 0 amide bonds. The summed E-state index contributed by atoms with van der Waals surface area (Å²) in [5.41, 5.74) is 1.70. The second-order valence-corrected chi connectivity index (χ2v) is 6.44. The zero-order valence-electron chi connectivity index (χ0n) is 10.5. The third kappa shape index (κ3) is 3.31. The van der Waals surface area contributed by atoms with E-state index in [-0.39, 0.29) is 0 Å². The lowest BCUT2D eigenvalue weighted by Crippen LogP contribution is -2.34. The van der Waals surface area contributed by atoms with Crippen LogP contribution in [-0.2, 0) is 0 Å². The van der Waals surface area contributed by atoms with Gasteiger partial charge >= 0.3 is 0 Å². The van der Waals surface area contributed by atoms with Crippen molar-refractivity contribution in [3.63, 3.8) is 0 Å². The highest BCUT2D eigenvalue weighted by atomic mass is 32.2. The van der Waals surface area contributed by atoms with Crippen molar-refractivity contribution >= 4 is 23.5 Å². The summed E-state index contributed by atoms with van der Waals surface area (Å²) in [5, 5.41) is 10.8. The van der Waals surface area contributed by atoms with Crippen LogP contribution in [0.2, 0.25) is 0 Å². The van der Waals surface area contributed by atoms with Crippen LogP contribution in [-0.4, -0.2) is 23.2 Å². The fourth-order valence-corrected chi connectivity index (χ4v) is 4.16. The highest BCUT2D eigenvalue weighted by Crippen LogP contribution is 2.43. The number of hydrogen-bond acceptors (Lipinski definition) is 3. The quantitative estimate of drug-likeness (QED) is 0.763. The third-order valence-corrected chi connectivity index (χ3v) is 5.27. The van der Waals surface area contributed by atoms with E-state index in [9.17, 15) is 5.11 Å². The van der Waals surface area contributed by atoms with Crippen LogP contribution in [0.5, 0.6) is 0 Å². The van der Waals surface area contributed by atoms with Crippen molar-refractivity contribution in [2.24, 2.45) is 0 Å². The molecular weight excluding hydrogens is 236 g/mol. The van der Waals surface area contributed by atoms with Crippen molar-refractivity contribution in [1.82, 2.24) is 0 Å². The first-order chi connectivity index (χ1) is 7.53. The van der Waals surface area contributed by atoms with Gasteiger partial charge in [-0.2, -0.15) is 0 Å². The van der Waals surface area contributed by atoms with E-state index >= 15 is 0 Å². The molecule has 1 nitrogen and oxygen atoms in total. The second kappa shape index (κ2) is 6.18. The Labute approximate surface area is 108 Å². The van der Waals surface area contributed by atoms with Crippen LogP contribution < -0.4 is 0 Å². The van der Waals surface area contributed by atoms with Crippen molar-refractivity contribution in [3.05, 3.63) is 22.0 Å². The molecule has 1 aliphatic rings. The minimum absolute atomic E-state index is 0.620. The maximum atomic E-state index is 10.8. The van der Waals surface area contributed by atoms with Crippen LogP contribution in [0.15, 0.2) is 22.0 Å². The standard InChI is InChI=1S/C13H22OS2/c1-10(2)9-13(14)8-6-5-7-11(13)12(15-3)16-4/h14H,1,5-9H2,2-4H3. The lowest BCUT2D eigenvalue weighted by Gasteiger charge is -2.36. The lowest BCUT2D eigenvalue weighted by atomic mass is 9.77. The minimum Gasteiger partial charge on any atom is -0.385 e. The smallest absolute Gasteiger partial charge is 0.0912 e. The van der Waals surface area contributed by atoms with Crippen LogP contribution >= 0.6 is 23.5 Å². The van der Waals surface area contributed by atoms with Crippen LogP contribution in [0, 0.1) is 0 Å². The third-order valence-electron chi connectivity index (χ3n) is 3.04. The molecule has 1 saturated carbocycles. The Morgan fingerprint density at radius 2 is 2.00 bits per heavy atom. The van der Waals surface area contributed by atoms with Crippen molar-refractivity contribution < 1.29 is 5.11 Å². The van der Waals surface area contributed by atoms with Gasteiger partial charge in [-0.25, -0.2) is 0 Å². The summed E-state index contributed by atoms with van der Waals surface area (Å²) >= 11 is 3.52. The molecule has 0 aromatic carbocycles. The minimum atomic E-state index is -0.620. The predicted molar refractivity (Wildman–Crippen MR) is 76.9 cm³/mol. The van der Waals surface area contributed by atoms with Crippen molar-refractivity contribution in [3.8, 4) is 0 Å². The summed E-state index contributed by atoms with van der Waals surface area (Å²) in [6.45, 7) is 5.95. The summed E-state index contributed by atoms with van der Waals surface area (Å²) in [5.74, 6) is 0. The van der Waals surface area contributed by atoms with E-state index in [2.05, 4.69) is 19.1 Å². The normalized spacial score (nSPS) is 25.6. The van der Waals surface area contributed by atoms with Crippen molar-refractivity contribution in [2.75, 3.05) is 12.5 Å². The second-order valence-electron chi connectivity index (χ2n) is 4.55. The van der Waals surface area contributed by atoms with E-state index in [1.807, 2.05) is 6.92 Å². The Morgan fingerprint density at radius 3 is 2.50 bits per heavy atom. The molecule has 92 valence electrons. The number of thioether (sulfide) groups is 2. The molecule has 0 bridgehead atoms. The number of aliphatic hydroxyl groups is 1. The molecule has 3 heteroatoms. The Morgan fingerprint density at radius 1 is 1.38 bits per heavy atom. The van der Waals surface area contributed by atoms with E-state index in [1.54, 1.807) is 23.5 Å². The van der Waals surface area contributed by atoms with E-state index in [4.69, 9.17) is 0 Å². The van der Waals surface area contributed by atoms with E-state index in [0.29, 0.717) is 6.42 Å². The van der Waals surface area contributed by atoms with Gasteiger partial charge < -0.3 is 5.11 Å². The van der Waals surface area contributed by atoms with E-state index in [1.165, 1.54) is 16.2 Å².